The summed E-state index contributed by atoms with van der Waals surface area (Å²) < 4.78 is 28.9. The van der Waals surface area contributed by atoms with Crippen molar-refractivity contribution in [1.82, 2.24) is 9.80 Å². The maximum atomic E-state index is 13.8. The summed E-state index contributed by atoms with van der Waals surface area (Å²) >= 11 is 0. The van der Waals surface area contributed by atoms with Gasteiger partial charge in [-0.25, -0.2) is 0 Å². The highest BCUT2D eigenvalue weighted by Crippen LogP contribution is 2.42. The number of nitrogen functional groups attached to an aromatic ring is 1. The Morgan fingerprint density at radius 1 is 0.722 bits per heavy atom. The second-order valence-electron chi connectivity index (χ2n) is 13.7. The molecule has 5 aliphatic heterocycles. The molecule has 9 rings (SSSR count). The first kappa shape index (κ1) is 33.3. The van der Waals surface area contributed by atoms with Crippen molar-refractivity contribution < 1.29 is 33.3 Å². The largest absolute Gasteiger partial charge is 0.493 e. The number of rotatable bonds is 9. The Kier molecular flexibility index (Phi) is 8.29. The highest BCUT2D eigenvalue weighted by Gasteiger charge is 2.35. The lowest BCUT2D eigenvalue weighted by Gasteiger charge is -2.19. The van der Waals surface area contributed by atoms with E-state index in [9.17, 15) is 9.59 Å². The molecule has 5 heterocycles. The van der Waals surface area contributed by atoms with E-state index in [0.29, 0.717) is 89.4 Å². The van der Waals surface area contributed by atoms with Crippen LogP contribution in [0.5, 0.6) is 28.7 Å². The molecule has 0 aromatic heterocycles. The number of carbonyl (C=O) groups is 2. The third-order valence-corrected chi connectivity index (χ3v) is 10.3. The fourth-order valence-electron chi connectivity index (χ4n) is 7.37. The molecule has 0 bridgehead atoms. The van der Waals surface area contributed by atoms with Gasteiger partial charge in [-0.2, -0.15) is 0 Å². The highest BCUT2D eigenvalue weighted by molar-refractivity contribution is 6.06. The molecule has 0 spiro atoms. The Labute approximate surface area is 311 Å². The zero-order valence-electron chi connectivity index (χ0n) is 29.8. The quantitative estimate of drug-likeness (QED) is 0.143. The van der Waals surface area contributed by atoms with E-state index in [1.807, 2.05) is 86.4 Å². The first-order valence-electron chi connectivity index (χ1n) is 17.9. The van der Waals surface area contributed by atoms with E-state index < -0.39 is 0 Å². The van der Waals surface area contributed by atoms with Crippen LogP contribution in [0.2, 0.25) is 0 Å². The first-order valence-corrected chi connectivity index (χ1v) is 17.9. The van der Waals surface area contributed by atoms with Crippen molar-refractivity contribution in [2.45, 2.75) is 38.3 Å². The Balaban J connectivity index is 0.834. The molecule has 12 nitrogen and oxygen atoms in total. The van der Waals surface area contributed by atoms with Crippen LogP contribution in [0.4, 0.5) is 17.1 Å². The summed E-state index contributed by atoms with van der Waals surface area (Å²) in [7, 11) is 1.55. The number of fused-ring (bicyclic) bond motifs is 5. The van der Waals surface area contributed by atoms with Gasteiger partial charge in [-0.15, -0.1) is 0 Å². The summed E-state index contributed by atoms with van der Waals surface area (Å²) in [5, 5.41) is 0. The van der Waals surface area contributed by atoms with Gasteiger partial charge in [0.25, 0.3) is 11.8 Å². The number of benzene rings is 4. The van der Waals surface area contributed by atoms with Gasteiger partial charge in [-0.05, 0) is 71.2 Å². The zero-order chi connectivity index (χ0) is 36.9. The summed E-state index contributed by atoms with van der Waals surface area (Å²) in [5.41, 5.74) is 13.6. The number of anilines is 1. The minimum absolute atomic E-state index is 0.0930. The Bertz CT molecular complexity index is 2330. The average molecular weight is 724 g/mol. The van der Waals surface area contributed by atoms with Crippen LogP contribution in [0.15, 0.2) is 89.1 Å². The Morgan fingerprint density at radius 3 is 2.00 bits per heavy atom. The molecule has 0 radical (unpaired) electrons. The van der Waals surface area contributed by atoms with Gasteiger partial charge in [0.15, 0.2) is 23.0 Å². The van der Waals surface area contributed by atoms with Crippen LogP contribution in [-0.2, 0) is 0 Å². The van der Waals surface area contributed by atoms with Crippen molar-refractivity contribution in [2.75, 3.05) is 32.9 Å². The van der Waals surface area contributed by atoms with Gasteiger partial charge in [-0.1, -0.05) is 18.2 Å². The van der Waals surface area contributed by atoms with E-state index in [2.05, 4.69) is 0 Å². The molecule has 4 aromatic carbocycles. The molecule has 0 saturated carbocycles. The van der Waals surface area contributed by atoms with Crippen LogP contribution < -0.4 is 29.4 Å². The molecule has 0 aliphatic carbocycles. The van der Waals surface area contributed by atoms with Crippen LogP contribution in [0.25, 0.3) is 11.1 Å². The summed E-state index contributed by atoms with van der Waals surface area (Å²) in [4.78, 5) is 40.3. The molecular formula is C42H37N5O7. The molecule has 0 fully saturated rings. The van der Waals surface area contributed by atoms with E-state index in [0.717, 1.165) is 27.8 Å². The number of methoxy groups -OCH3 is 1. The standard InChI is InChI=1S/C42H37N5O7/c1-24-12-32-34(44-19-30-13-27(21-46(30)41(32)48)25-4-7-29(43)8-5-25)17-37(24)51-10-3-11-52-40-18-35-33(16-38(40)50-2)42(49)47-22-28(14-31(47)20-45-35)26-6-9-36-39(15-26)54-23-53-36/h4-9,12,15-22,30-31H,3,10-11,13-14,23,43H2,1-2H3/t30-,31-/m0/s1. The molecule has 272 valence electrons. The first-order chi connectivity index (χ1) is 26.3. The predicted octanol–water partition coefficient (Wildman–Crippen LogP) is 7.11. The number of carbonyl (C=O) groups excluding carboxylic acids is 2. The number of hydrogen-bond acceptors (Lipinski definition) is 10. The van der Waals surface area contributed by atoms with E-state index in [1.54, 1.807) is 29.0 Å². The monoisotopic (exact) mass is 723 g/mol. The summed E-state index contributed by atoms with van der Waals surface area (Å²) in [5.74, 6) is 2.75. The number of amides is 2. The van der Waals surface area contributed by atoms with E-state index in [4.69, 9.17) is 39.4 Å². The van der Waals surface area contributed by atoms with Crippen molar-refractivity contribution in [3.05, 3.63) is 107 Å². The Morgan fingerprint density at radius 2 is 1.31 bits per heavy atom. The third kappa shape index (κ3) is 5.99. The normalized spacial score (nSPS) is 19.0. The zero-order valence-corrected chi connectivity index (χ0v) is 29.8. The lowest BCUT2D eigenvalue weighted by molar-refractivity contribution is 0.0809. The average Bonchev–Trinajstić information content (AvgIpc) is 3.92. The fourth-order valence-corrected chi connectivity index (χ4v) is 7.37. The van der Waals surface area contributed by atoms with Crippen LogP contribution in [-0.4, -0.2) is 73.2 Å². The van der Waals surface area contributed by atoms with Crippen molar-refractivity contribution in [2.24, 2.45) is 9.98 Å². The lowest BCUT2D eigenvalue weighted by atomic mass is 10.0. The van der Waals surface area contributed by atoms with Crippen molar-refractivity contribution in [3.8, 4) is 28.7 Å². The van der Waals surface area contributed by atoms with Gasteiger partial charge in [0.2, 0.25) is 6.79 Å². The van der Waals surface area contributed by atoms with Crippen LogP contribution in [0.3, 0.4) is 0 Å². The van der Waals surface area contributed by atoms with Crippen molar-refractivity contribution >= 4 is 52.5 Å². The number of hydrogen-bond donors (Lipinski definition) is 1. The van der Waals surface area contributed by atoms with Gasteiger partial charge >= 0.3 is 0 Å². The summed E-state index contributed by atoms with van der Waals surface area (Å²) in [6.07, 6.45) is 9.32. The lowest BCUT2D eigenvalue weighted by Crippen LogP contribution is -2.32. The van der Waals surface area contributed by atoms with Gasteiger partial charge in [-0.3, -0.25) is 19.6 Å². The van der Waals surface area contributed by atoms with Crippen LogP contribution in [0, 0.1) is 6.92 Å². The topological polar surface area (TPSA) is 138 Å². The van der Waals surface area contributed by atoms with E-state index in [1.165, 1.54) is 0 Å². The molecule has 4 aromatic rings. The molecule has 2 N–H and O–H groups in total. The fraction of sp³-hybridized carbons (Fsp3) is 0.238. The highest BCUT2D eigenvalue weighted by atomic mass is 16.7. The molecule has 2 atom stereocenters. The number of nitrogens with two attached hydrogens (primary N) is 1. The molecule has 2 amide bonds. The molecule has 12 heteroatoms. The third-order valence-electron chi connectivity index (χ3n) is 10.3. The SMILES string of the molecule is COc1cc2c(cc1OCCCOc1cc3c(cc1C)C(=O)N1C=C(c4ccc(N)cc4)C[C@H]1C=N3)N=C[C@@H]1CC(c3ccc4c(c3)OCO4)=CN1C2=O. The molecule has 5 aliphatic rings. The van der Waals surface area contributed by atoms with Gasteiger partial charge in [0, 0.05) is 61.9 Å². The second kappa shape index (κ2) is 13.4. The van der Waals surface area contributed by atoms with Crippen molar-refractivity contribution in [1.29, 1.82) is 0 Å². The van der Waals surface area contributed by atoms with Crippen LogP contribution in [0.1, 0.15) is 56.7 Å². The van der Waals surface area contributed by atoms with Gasteiger partial charge in [0.05, 0.1) is 54.9 Å². The number of aryl methyl sites for hydroxylation is 1. The Hall–Kier alpha value is -6.56. The molecular weight excluding hydrogens is 686 g/mol. The number of nitrogens with zero attached hydrogens (tertiary/aromatic N) is 4. The number of aliphatic imine (C=N–C) groups is 2. The van der Waals surface area contributed by atoms with E-state index >= 15 is 0 Å². The predicted molar refractivity (Wildman–Crippen MR) is 205 cm³/mol. The summed E-state index contributed by atoms with van der Waals surface area (Å²) in [6, 6.07) is 20.2. The van der Waals surface area contributed by atoms with E-state index in [-0.39, 0.29) is 30.7 Å². The maximum absolute atomic E-state index is 13.8. The molecule has 0 saturated heterocycles. The minimum Gasteiger partial charge on any atom is -0.493 e. The van der Waals surface area contributed by atoms with Crippen LogP contribution >= 0.6 is 0 Å². The molecule has 0 unspecified atom stereocenters. The summed E-state index contributed by atoms with van der Waals surface area (Å²) in [6.45, 7) is 2.84. The number of ether oxygens (including phenoxy) is 5. The molecule has 54 heavy (non-hydrogen) atoms. The minimum atomic E-state index is -0.222. The smallest absolute Gasteiger partial charge is 0.260 e. The van der Waals surface area contributed by atoms with Gasteiger partial charge in [0.1, 0.15) is 5.75 Å². The maximum Gasteiger partial charge on any atom is 0.260 e. The second-order valence-corrected chi connectivity index (χ2v) is 13.7. The van der Waals surface area contributed by atoms with Gasteiger partial charge < -0.3 is 39.2 Å². The van der Waals surface area contributed by atoms with Crippen molar-refractivity contribution in [3.63, 3.8) is 0 Å².